The lowest BCUT2D eigenvalue weighted by molar-refractivity contribution is 0.575. The number of H-pyrrole nitrogens is 1. The Hall–Kier alpha value is -2.95. The summed E-state index contributed by atoms with van der Waals surface area (Å²) in [4.78, 5) is 4.25. The minimum atomic E-state index is 0.545. The Morgan fingerprint density at radius 1 is 1.00 bits per heavy atom. The minimum Gasteiger partial charge on any atom is -0.444 e. The normalized spacial score (nSPS) is 11.0. The molecule has 2 aromatic carbocycles. The summed E-state index contributed by atoms with van der Waals surface area (Å²) in [6.07, 6.45) is 3.19. The summed E-state index contributed by atoms with van der Waals surface area (Å²) in [5, 5.41) is 10.9. The molecule has 0 saturated carbocycles. The van der Waals surface area contributed by atoms with Crippen molar-refractivity contribution in [3.63, 3.8) is 0 Å². The molecule has 96 valence electrons. The monoisotopic (exact) mass is 262 g/mol. The van der Waals surface area contributed by atoms with Gasteiger partial charge in [-0.3, -0.25) is 5.10 Å². The molecule has 0 unspecified atom stereocenters. The molecule has 0 aliphatic rings. The minimum absolute atomic E-state index is 0.545. The topological polar surface area (TPSA) is 67.6 Å². The molecule has 2 heterocycles. The van der Waals surface area contributed by atoms with Gasteiger partial charge in [0.15, 0.2) is 0 Å². The van der Waals surface area contributed by atoms with Crippen molar-refractivity contribution in [1.82, 2.24) is 20.4 Å². The zero-order valence-electron chi connectivity index (χ0n) is 10.4. The lowest BCUT2D eigenvalue weighted by Gasteiger charge is -2.07. The van der Waals surface area contributed by atoms with Gasteiger partial charge in [-0.2, -0.15) is 0 Å². The van der Waals surface area contributed by atoms with Crippen LogP contribution < -0.4 is 0 Å². The van der Waals surface area contributed by atoms with E-state index in [0.717, 1.165) is 27.7 Å². The van der Waals surface area contributed by atoms with Crippen LogP contribution in [-0.2, 0) is 0 Å². The molecule has 0 aliphatic heterocycles. The second-order valence-electron chi connectivity index (χ2n) is 4.40. The number of nitrogens with zero attached hydrogens (tertiary/aromatic N) is 3. The Morgan fingerprint density at radius 2 is 1.90 bits per heavy atom. The third-order valence-corrected chi connectivity index (χ3v) is 3.23. The van der Waals surface area contributed by atoms with Crippen LogP contribution in [0, 0.1) is 0 Å². The van der Waals surface area contributed by atoms with E-state index in [2.05, 4.69) is 20.4 Å². The van der Waals surface area contributed by atoms with Gasteiger partial charge in [0, 0.05) is 0 Å². The van der Waals surface area contributed by atoms with Gasteiger partial charge in [-0.25, -0.2) is 4.98 Å². The number of benzene rings is 2. The molecule has 5 heteroatoms. The molecule has 0 aliphatic carbocycles. The van der Waals surface area contributed by atoms with Crippen molar-refractivity contribution in [3.05, 3.63) is 54.9 Å². The lowest BCUT2D eigenvalue weighted by atomic mass is 9.98. The Balaban J connectivity index is 2.08. The highest BCUT2D eigenvalue weighted by atomic mass is 16.3. The van der Waals surface area contributed by atoms with E-state index in [1.807, 2.05) is 42.5 Å². The predicted octanol–water partition coefficient (Wildman–Crippen LogP) is 3.28. The highest BCUT2D eigenvalue weighted by molar-refractivity contribution is 5.98. The van der Waals surface area contributed by atoms with E-state index < -0.39 is 0 Å². The van der Waals surface area contributed by atoms with Gasteiger partial charge in [0.05, 0.1) is 17.3 Å². The first-order chi connectivity index (χ1) is 9.93. The summed E-state index contributed by atoms with van der Waals surface area (Å²) < 4.78 is 5.47. The fraction of sp³-hybridized carbons (Fsp3) is 0. The Labute approximate surface area is 114 Å². The molecule has 0 amide bonds. The van der Waals surface area contributed by atoms with E-state index in [1.54, 1.807) is 12.5 Å². The smallest absolute Gasteiger partial charge is 0.228 e. The summed E-state index contributed by atoms with van der Waals surface area (Å²) in [7, 11) is 0. The predicted molar refractivity (Wildman–Crippen MR) is 74.8 cm³/mol. The van der Waals surface area contributed by atoms with Crippen molar-refractivity contribution >= 4 is 11.0 Å². The van der Waals surface area contributed by atoms with E-state index in [1.165, 1.54) is 0 Å². The van der Waals surface area contributed by atoms with E-state index in [9.17, 15) is 0 Å². The summed E-state index contributed by atoms with van der Waals surface area (Å²) in [6.45, 7) is 0. The van der Waals surface area contributed by atoms with Crippen LogP contribution in [0.15, 0.2) is 59.3 Å². The zero-order chi connectivity index (χ0) is 13.4. The first kappa shape index (κ1) is 10.9. The quantitative estimate of drug-likeness (QED) is 0.602. The second-order valence-corrected chi connectivity index (χ2v) is 4.40. The first-order valence-corrected chi connectivity index (χ1v) is 6.22. The maximum absolute atomic E-state index is 5.47. The van der Waals surface area contributed by atoms with Gasteiger partial charge < -0.3 is 4.42 Å². The Kier molecular flexibility index (Phi) is 2.35. The van der Waals surface area contributed by atoms with Crippen molar-refractivity contribution in [2.24, 2.45) is 0 Å². The highest BCUT2D eigenvalue weighted by Crippen LogP contribution is 2.35. The number of aromatic amines is 1. The van der Waals surface area contributed by atoms with Crippen molar-refractivity contribution in [3.8, 4) is 22.6 Å². The van der Waals surface area contributed by atoms with Crippen molar-refractivity contribution in [1.29, 1.82) is 0 Å². The van der Waals surface area contributed by atoms with Crippen LogP contribution >= 0.6 is 0 Å². The van der Waals surface area contributed by atoms with E-state index >= 15 is 0 Å². The van der Waals surface area contributed by atoms with Crippen LogP contribution in [0.1, 0.15) is 0 Å². The molecule has 0 saturated heterocycles. The number of fused-ring (bicyclic) bond motifs is 1. The fourth-order valence-electron chi connectivity index (χ4n) is 2.34. The molecule has 1 N–H and O–H groups in total. The molecular weight excluding hydrogens is 252 g/mol. The van der Waals surface area contributed by atoms with Gasteiger partial charge in [0.1, 0.15) is 11.8 Å². The third-order valence-electron chi connectivity index (χ3n) is 3.23. The van der Waals surface area contributed by atoms with Crippen molar-refractivity contribution in [2.45, 2.75) is 0 Å². The molecule has 0 spiro atoms. The summed E-state index contributed by atoms with van der Waals surface area (Å²) in [5.74, 6) is 0.545. The number of hydrogen-bond acceptors (Lipinski definition) is 4. The maximum Gasteiger partial charge on any atom is 0.228 e. The zero-order valence-corrected chi connectivity index (χ0v) is 10.4. The molecule has 5 nitrogen and oxygen atoms in total. The molecule has 0 atom stereocenters. The Bertz CT molecular complexity index is 850. The standard InChI is InChI=1S/C15H10N4O/c1-2-4-10(5-3-1)11-6-7-12-14(18-19-17-12)13(11)15-16-8-9-20-15/h1-9H,(H,17,18,19). The van der Waals surface area contributed by atoms with Gasteiger partial charge in [-0.15, -0.1) is 5.10 Å². The SMILES string of the molecule is c1ccc(-c2ccc3[nH]nnc3c2-c2ncco2)cc1. The number of rotatable bonds is 2. The van der Waals surface area contributed by atoms with Gasteiger partial charge in [0.25, 0.3) is 0 Å². The summed E-state index contributed by atoms with van der Waals surface area (Å²) >= 11 is 0. The lowest BCUT2D eigenvalue weighted by Crippen LogP contribution is -1.87. The van der Waals surface area contributed by atoms with Crippen molar-refractivity contribution in [2.75, 3.05) is 0 Å². The van der Waals surface area contributed by atoms with Crippen LogP contribution in [0.3, 0.4) is 0 Å². The number of oxazole rings is 1. The summed E-state index contributed by atoms with van der Waals surface area (Å²) in [6, 6.07) is 14.1. The molecule has 20 heavy (non-hydrogen) atoms. The van der Waals surface area contributed by atoms with E-state index in [0.29, 0.717) is 5.89 Å². The molecule has 4 aromatic rings. The number of hydrogen-bond donors (Lipinski definition) is 1. The highest BCUT2D eigenvalue weighted by Gasteiger charge is 2.17. The maximum atomic E-state index is 5.47. The van der Waals surface area contributed by atoms with Gasteiger partial charge in [-0.1, -0.05) is 41.6 Å². The van der Waals surface area contributed by atoms with Crippen molar-refractivity contribution < 1.29 is 4.42 Å². The average molecular weight is 262 g/mol. The number of nitrogens with one attached hydrogen (secondary N) is 1. The molecule has 2 aromatic heterocycles. The summed E-state index contributed by atoms with van der Waals surface area (Å²) in [5.41, 5.74) is 4.58. The number of aromatic nitrogens is 4. The third kappa shape index (κ3) is 1.60. The van der Waals surface area contributed by atoms with Crippen LogP contribution in [-0.4, -0.2) is 20.4 Å². The molecule has 4 rings (SSSR count). The fourth-order valence-corrected chi connectivity index (χ4v) is 2.34. The Morgan fingerprint density at radius 3 is 2.70 bits per heavy atom. The van der Waals surface area contributed by atoms with Crippen LogP contribution in [0.25, 0.3) is 33.6 Å². The molecular formula is C15H10N4O. The molecule has 0 bridgehead atoms. The van der Waals surface area contributed by atoms with Crippen LogP contribution in [0.5, 0.6) is 0 Å². The average Bonchev–Trinajstić information content (AvgIpc) is 3.18. The molecule has 0 radical (unpaired) electrons. The molecule has 0 fully saturated rings. The largest absolute Gasteiger partial charge is 0.444 e. The van der Waals surface area contributed by atoms with E-state index in [4.69, 9.17) is 4.42 Å². The van der Waals surface area contributed by atoms with Gasteiger partial charge >= 0.3 is 0 Å². The van der Waals surface area contributed by atoms with E-state index in [-0.39, 0.29) is 0 Å². The van der Waals surface area contributed by atoms with Gasteiger partial charge in [0.2, 0.25) is 5.89 Å². The first-order valence-electron chi connectivity index (χ1n) is 6.22. The van der Waals surface area contributed by atoms with Crippen LogP contribution in [0.2, 0.25) is 0 Å². The van der Waals surface area contributed by atoms with Crippen LogP contribution in [0.4, 0.5) is 0 Å². The second kappa shape index (κ2) is 4.31. The van der Waals surface area contributed by atoms with Gasteiger partial charge in [-0.05, 0) is 17.2 Å².